The van der Waals surface area contributed by atoms with Crippen molar-refractivity contribution in [2.75, 3.05) is 5.32 Å². The van der Waals surface area contributed by atoms with E-state index in [1.165, 1.54) is 0 Å². The molecule has 19 heavy (non-hydrogen) atoms. The van der Waals surface area contributed by atoms with Crippen molar-refractivity contribution in [2.24, 2.45) is 0 Å². The molecule has 0 bridgehead atoms. The van der Waals surface area contributed by atoms with Gasteiger partial charge in [0.05, 0.1) is 23.5 Å². The number of carboxylic acids is 1. The molecule has 6 heteroatoms. The van der Waals surface area contributed by atoms with Crippen molar-refractivity contribution in [1.29, 1.82) is 0 Å². The number of aromatic carboxylic acids is 1. The van der Waals surface area contributed by atoms with Crippen LogP contribution in [0.5, 0.6) is 0 Å². The Balaban J connectivity index is 2.20. The third-order valence-electron chi connectivity index (χ3n) is 2.73. The number of hydrogen-bond donors (Lipinski definition) is 2. The van der Waals surface area contributed by atoms with Crippen LogP contribution in [0, 0.1) is 13.8 Å². The van der Waals surface area contributed by atoms with Crippen LogP contribution in [-0.4, -0.2) is 16.1 Å². The number of anilines is 1. The summed E-state index contributed by atoms with van der Waals surface area (Å²) in [5, 5.41) is 12.2. The van der Waals surface area contributed by atoms with Crippen LogP contribution in [0.4, 0.5) is 5.69 Å². The first-order valence-corrected chi connectivity index (χ1v) is 6.47. The van der Waals surface area contributed by atoms with E-state index in [2.05, 4.69) is 26.2 Å². The minimum Gasteiger partial charge on any atom is -0.478 e. The van der Waals surface area contributed by atoms with Gasteiger partial charge in [0.1, 0.15) is 5.76 Å². The lowest BCUT2D eigenvalue weighted by molar-refractivity contribution is 0.0697. The fraction of sp³-hybridized carbons (Fsp3) is 0.231. The fourth-order valence-electron chi connectivity index (χ4n) is 1.67. The van der Waals surface area contributed by atoms with Gasteiger partial charge in [-0.05, 0) is 41.9 Å². The maximum absolute atomic E-state index is 11.2. The molecule has 2 N–H and O–H groups in total. The summed E-state index contributed by atoms with van der Waals surface area (Å²) >= 11 is 3.23. The first-order chi connectivity index (χ1) is 8.99. The minimum atomic E-state index is -0.991. The fourth-order valence-corrected chi connectivity index (χ4v) is 2.21. The zero-order valence-electron chi connectivity index (χ0n) is 10.5. The summed E-state index contributed by atoms with van der Waals surface area (Å²) in [5.41, 5.74) is 1.56. The van der Waals surface area contributed by atoms with Crippen molar-refractivity contribution < 1.29 is 14.3 Å². The van der Waals surface area contributed by atoms with Crippen LogP contribution < -0.4 is 5.32 Å². The molecule has 0 radical (unpaired) electrons. The molecule has 0 aliphatic carbocycles. The summed E-state index contributed by atoms with van der Waals surface area (Å²) in [7, 11) is 0. The van der Waals surface area contributed by atoms with Gasteiger partial charge in [0, 0.05) is 4.47 Å². The summed E-state index contributed by atoms with van der Waals surface area (Å²) in [5.74, 6) is 0.311. The molecule has 1 aromatic carbocycles. The van der Waals surface area contributed by atoms with E-state index in [0.29, 0.717) is 22.6 Å². The van der Waals surface area contributed by atoms with Crippen molar-refractivity contribution in [3.63, 3.8) is 0 Å². The Morgan fingerprint density at radius 3 is 2.79 bits per heavy atom. The van der Waals surface area contributed by atoms with Gasteiger partial charge < -0.3 is 14.8 Å². The standard InChI is InChI=1S/C13H13BrN2O3/c1-7-8(2)19-11(16-7)6-15-10-5-3-4-9(14)12(10)13(17)18/h3-5,15H,6H2,1-2H3,(H,17,18). The maximum atomic E-state index is 11.2. The highest BCUT2D eigenvalue weighted by Crippen LogP contribution is 2.25. The molecule has 2 rings (SSSR count). The number of carboxylic acid groups (broad SMARTS) is 1. The zero-order chi connectivity index (χ0) is 14.0. The van der Waals surface area contributed by atoms with Gasteiger partial charge in [-0.1, -0.05) is 6.07 Å². The number of nitrogens with zero attached hydrogens (tertiary/aromatic N) is 1. The maximum Gasteiger partial charge on any atom is 0.338 e. The number of aromatic nitrogens is 1. The van der Waals surface area contributed by atoms with Crippen LogP contribution in [0.15, 0.2) is 27.1 Å². The Kier molecular flexibility index (Phi) is 3.90. The van der Waals surface area contributed by atoms with Crippen LogP contribution in [0.3, 0.4) is 0 Å². The summed E-state index contributed by atoms with van der Waals surface area (Å²) in [6.45, 7) is 4.04. The first-order valence-electron chi connectivity index (χ1n) is 5.67. The molecule has 1 heterocycles. The van der Waals surface area contributed by atoms with Crippen LogP contribution >= 0.6 is 15.9 Å². The van der Waals surface area contributed by atoms with Gasteiger partial charge in [0.25, 0.3) is 0 Å². The Hall–Kier alpha value is -1.82. The molecule has 0 aliphatic rings. The Bertz CT molecular complexity index is 603. The third kappa shape index (κ3) is 2.96. The Morgan fingerprint density at radius 2 is 2.21 bits per heavy atom. The van der Waals surface area contributed by atoms with Crippen molar-refractivity contribution in [3.8, 4) is 0 Å². The van der Waals surface area contributed by atoms with Crippen LogP contribution in [0.25, 0.3) is 0 Å². The average Bonchev–Trinajstić information content (AvgIpc) is 2.65. The molecular weight excluding hydrogens is 312 g/mol. The summed E-state index contributed by atoms with van der Waals surface area (Å²) in [6.07, 6.45) is 0. The molecule has 0 unspecified atom stereocenters. The first kappa shape index (κ1) is 13.6. The van der Waals surface area contributed by atoms with Gasteiger partial charge in [0.2, 0.25) is 5.89 Å². The molecule has 0 amide bonds. The van der Waals surface area contributed by atoms with E-state index in [9.17, 15) is 9.90 Å². The molecule has 5 nitrogen and oxygen atoms in total. The number of oxazole rings is 1. The Morgan fingerprint density at radius 1 is 1.47 bits per heavy atom. The monoisotopic (exact) mass is 324 g/mol. The second-order valence-corrected chi connectivity index (χ2v) is 4.92. The molecule has 0 atom stereocenters. The smallest absolute Gasteiger partial charge is 0.338 e. The van der Waals surface area contributed by atoms with Gasteiger partial charge in [-0.25, -0.2) is 9.78 Å². The minimum absolute atomic E-state index is 0.197. The zero-order valence-corrected chi connectivity index (χ0v) is 12.1. The number of benzene rings is 1. The van der Waals surface area contributed by atoms with Gasteiger partial charge in [-0.2, -0.15) is 0 Å². The second kappa shape index (κ2) is 5.44. The molecule has 100 valence electrons. The second-order valence-electron chi connectivity index (χ2n) is 4.07. The van der Waals surface area contributed by atoms with Crippen LogP contribution in [-0.2, 0) is 6.54 Å². The van der Waals surface area contributed by atoms with Crippen LogP contribution in [0.2, 0.25) is 0 Å². The quantitative estimate of drug-likeness (QED) is 0.901. The molecule has 0 aliphatic heterocycles. The lowest BCUT2D eigenvalue weighted by atomic mass is 10.2. The number of aryl methyl sites for hydroxylation is 2. The van der Waals surface area contributed by atoms with Gasteiger partial charge in [-0.15, -0.1) is 0 Å². The van der Waals surface area contributed by atoms with Crippen molar-refractivity contribution in [3.05, 3.63) is 45.6 Å². The molecule has 1 aromatic heterocycles. The summed E-state index contributed by atoms with van der Waals surface area (Å²) < 4.78 is 5.97. The predicted octanol–water partition coefficient (Wildman–Crippen LogP) is 3.36. The lowest BCUT2D eigenvalue weighted by Gasteiger charge is -2.09. The number of nitrogens with one attached hydrogen (secondary N) is 1. The molecule has 0 fully saturated rings. The lowest BCUT2D eigenvalue weighted by Crippen LogP contribution is -2.07. The number of hydrogen-bond acceptors (Lipinski definition) is 4. The predicted molar refractivity (Wildman–Crippen MR) is 74.4 cm³/mol. The number of carbonyl (C=O) groups is 1. The highest BCUT2D eigenvalue weighted by atomic mass is 79.9. The van der Waals surface area contributed by atoms with Gasteiger partial charge in [-0.3, -0.25) is 0 Å². The van der Waals surface area contributed by atoms with E-state index in [0.717, 1.165) is 11.5 Å². The summed E-state index contributed by atoms with van der Waals surface area (Å²) in [4.78, 5) is 15.4. The topological polar surface area (TPSA) is 75.4 Å². The van der Waals surface area contributed by atoms with Gasteiger partial charge in [0.15, 0.2) is 0 Å². The van der Waals surface area contributed by atoms with Crippen molar-refractivity contribution in [2.45, 2.75) is 20.4 Å². The van der Waals surface area contributed by atoms with Crippen molar-refractivity contribution >= 4 is 27.6 Å². The number of rotatable bonds is 4. The van der Waals surface area contributed by atoms with E-state index >= 15 is 0 Å². The van der Waals surface area contributed by atoms with Crippen molar-refractivity contribution in [1.82, 2.24) is 4.98 Å². The average molecular weight is 325 g/mol. The van der Waals surface area contributed by atoms with E-state index in [4.69, 9.17) is 4.42 Å². The van der Waals surface area contributed by atoms with E-state index in [1.54, 1.807) is 18.2 Å². The molecular formula is C13H13BrN2O3. The highest BCUT2D eigenvalue weighted by Gasteiger charge is 2.14. The molecule has 0 saturated heterocycles. The van der Waals surface area contributed by atoms with E-state index in [1.807, 2.05) is 13.8 Å². The van der Waals surface area contributed by atoms with Gasteiger partial charge >= 0.3 is 5.97 Å². The SMILES string of the molecule is Cc1nc(CNc2cccc(Br)c2C(=O)O)oc1C. The normalized spacial score (nSPS) is 10.5. The van der Waals surface area contributed by atoms with E-state index < -0.39 is 5.97 Å². The van der Waals surface area contributed by atoms with E-state index in [-0.39, 0.29) is 5.56 Å². The molecule has 0 saturated carbocycles. The summed E-state index contributed by atoms with van der Waals surface area (Å²) in [6, 6.07) is 5.16. The highest BCUT2D eigenvalue weighted by molar-refractivity contribution is 9.10. The molecule has 2 aromatic rings. The Labute approximate surface area is 118 Å². The van der Waals surface area contributed by atoms with Crippen LogP contribution in [0.1, 0.15) is 27.7 Å². The third-order valence-corrected chi connectivity index (χ3v) is 3.39. The molecule has 0 spiro atoms. The largest absolute Gasteiger partial charge is 0.478 e. The number of halogens is 1.